The Morgan fingerprint density at radius 1 is 1.16 bits per heavy atom. The van der Waals surface area contributed by atoms with Gasteiger partial charge >= 0.3 is 0 Å². The van der Waals surface area contributed by atoms with Gasteiger partial charge in [-0.2, -0.15) is 0 Å². The lowest BCUT2D eigenvalue weighted by Gasteiger charge is -2.45. The molecule has 0 fully saturated rings. The largest absolute Gasteiger partial charge is 0.508 e. The molecule has 0 spiro atoms. The second-order valence-corrected chi connectivity index (χ2v) is 9.37. The Kier molecular flexibility index (Phi) is 5.74. The van der Waals surface area contributed by atoms with Crippen molar-refractivity contribution in [3.63, 3.8) is 0 Å². The van der Waals surface area contributed by atoms with Gasteiger partial charge < -0.3 is 10.0 Å². The molecule has 4 rings (SSSR count). The van der Waals surface area contributed by atoms with Crippen LogP contribution in [0, 0.1) is 0 Å². The maximum Gasteiger partial charge on any atom is 0.214 e. The second kappa shape index (κ2) is 8.33. The van der Waals surface area contributed by atoms with E-state index in [0.29, 0.717) is 17.6 Å². The van der Waals surface area contributed by atoms with Gasteiger partial charge in [-0.3, -0.25) is 9.59 Å². The number of aryl methyl sites for hydroxylation is 1. The van der Waals surface area contributed by atoms with Gasteiger partial charge in [-0.15, -0.1) is 0 Å². The summed E-state index contributed by atoms with van der Waals surface area (Å²) in [6, 6.07) is 14.0. The molecule has 1 N–H and O–H groups in total. The molecule has 4 heteroatoms. The summed E-state index contributed by atoms with van der Waals surface area (Å²) < 4.78 is 0. The van der Waals surface area contributed by atoms with Crippen molar-refractivity contribution in [3.05, 3.63) is 64.7 Å². The van der Waals surface area contributed by atoms with Crippen LogP contribution in [0.5, 0.6) is 5.75 Å². The summed E-state index contributed by atoms with van der Waals surface area (Å²) >= 11 is 0. The van der Waals surface area contributed by atoms with Gasteiger partial charge in [-0.25, -0.2) is 0 Å². The maximum atomic E-state index is 12.8. The number of phenolic OH excluding ortho intramolecular Hbond substituents is 1. The number of hydrogen-bond acceptors (Lipinski definition) is 3. The minimum atomic E-state index is -0.551. The Morgan fingerprint density at radius 3 is 2.61 bits per heavy atom. The lowest BCUT2D eigenvalue weighted by Crippen LogP contribution is -2.49. The zero-order valence-corrected chi connectivity index (χ0v) is 18.6. The minimum absolute atomic E-state index is 0.115. The number of rotatable bonds is 6. The van der Waals surface area contributed by atoms with Crippen molar-refractivity contribution in [2.24, 2.45) is 0 Å². The zero-order chi connectivity index (χ0) is 22.2. The summed E-state index contributed by atoms with van der Waals surface area (Å²) in [5.74, 6) is 0.467. The molecule has 0 aromatic heterocycles. The van der Waals surface area contributed by atoms with Gasteiger partial charge in [-0.05, 0) is 80.7 Å². The summed E-state index contributed by atoms with van der Waals surface area (Å²) in [5, 5.41) is 10.9. The van der Waals surface area contributed by atoms with Gasteiger partial charge in [0, 0.05) is 17.6 Å². The molecule has 0 bridgehead atoms. The molecule has 0 saturated carbocycles. The molecule has 0 saturated heterocycles. The number of carbonyl (C=O) groups is 2. The molecule has 1 heterocycles. The second-order valence-electron chi connectivity index (χ2n) is 9.37. The topological polar surface area (TPSA) is 57.6 Å². The summed E-state index contributed by atoms with van der Waals surface area (Å²) in [6.45, 7) is 6.13. The summed E-state index contributed by atoms with van der Waals surface area (Å²) in [5.41, 5.74) is 4.75. The lowest BCUT2D eigenvalue weighted by atomic mass is 9.73. The number of nitrogens with zero attached hydrogens (tertiary/aromatic N) is 1. The van der Waals surface area contributed by atoms with E-state index in [9.17, 15) is 14.7 Å². The third-order valence-corrected chi connectivity index (χ3v) is 7.01. The lowest BCUT2D eigenvalue weighted by molar-refractivity contribution is -0.114. The first-order valence-corrected chi connectivity index (χ1v) is 11.3. The van der Waals surface area contributed by atoms with Crippen molar-refractivity contribution in [1.29, 1.82) is 0 Å². The summed E-state index contributed by atoms with van der Waals surface area (Å²) in [6.07, 6.45) is 5.93. The fraction of sp³-hybridized carbons (Fsp3) is 0.407. The van der Waals surface area contributed by atoms with Crippen LogP contribution in [0.4, 0.5) is 5.69 Å². The van der Waals surface area contributed by atoms with Crippen LogP contribution < -0.4 is 4.90 Å². The highest BCUT2D eigenvalue weighted by molar-refractivity contribution is 6.25. The highest BCUT2D eigenvalue weighted by Crippen LogP contribution is 2.49. The third-order valence-electron chi connectivity index (χ3n) is 7.01. The van der Waals surface area contributed by atoms with Gasteiger partial charge in [0.15, 0.2) is 5.78 Å². The molecular formula is C27H31NO3. The van der Waals surface area contributed by atoms with Gasteiger partial charge in [0.05, 0.1) is 11.2 Å². The number of benzene rings is 2. The molecule has 31 heavy (non-hydrogen) atoms. The van der Waals surface area contributed by atoms with E-state index in [0.717, 1.165) is 55.3 Å². The van der Waals surface area contributed by atoms with Crippen LogP contribution in [0.1, 0.15) is 75.5 Å². The molecule has 162 valence electrons. The number of hydrogen-bond donors (Lipinski definition) is 1. The van der Waals surface area contributed by atoms with Crippen LogP contribution >= 0.6 is 0 Å². The SMILES string of the molecule is CC(CCCc1ccccc1)c1cc2c(cc1O)C1=C(CCCC1=O)C(C)(C)N2C=O. The molecule has 4 nitrogen and oxygen atoms in total. The van der Waals surface area contributed by atoms with E-state index in [1.165, 1.54) is 5.56 Å². The first-order chi connectivity index (χ1) is 14.8. The maximum absolute atomic E-state index is 12.8. The van der Waals surface area contributed by atoms with Crippen molar-refractivity contribution in [2.45, 2.75) is 70.8 Å². The van der Waals surface area contributed by atoms with Crippen LogP contribution in [0.3, 0.4) is 0 Å². The van der Waals surface area contributed by atoms with Gasteiger partial charge in [-0.1, -0.05) is 37.3 Å². The number of Topliss-reactive ketones (excluding diaryl/α,β-unsaturated/α-hetero) is 1. The van der Waals surface area contributed by atoms with E-state index in [1.54, 1.807) is 11.0 Å². The average Bonchev–Trinajstić information content (AvgIpc) is 2.75. The van der Waals surface area contributed by atoms with E-state index in [-0.39, 0.29) is 17.5 Å². The van der Waals surface area contributed by atoms with Gasteiger partial charge in [0.2, 0.25) is 6.41 Å². The number of carbonyl (C=O) groups excluding carboxylic acids is 2. The van der Waals surface area contributed by atoms with Gasteiger partial charge in [0.25, 0.3) is 0 Å². The fourth-order valence-electron chi connectivity index (χ4n) is 5.20. The van der Waals surface area contributed by atoms with Crippen molar-refractivity contribution in [1.82, 2.24) is 0 Å². The van der Waals surface area contributed by atoms with Crippen LogP contribution in [0.25, 0.3) is 5.57 Å². The van der Waals surface area contributed by atoms with Crippen LogP contribution in [0.15, 0.2) is 48.0 Å². The Balaban J connectivity index is 1.67. The van der Waals surface area contributed by atoms with E-state index < -0.39 is 5.54 Å². The van der Waals surface area contributed by atoms with Crippen LogP contribution in [-0.2, 0) is 16.0 Å². The standard InChI is InChI=1S/C27H31NO3/c1-18(9-7-12-19-10-5-4-6-11-19)20-15-23-21(16-25(20)31)26-22(13-8-14-24(26)30)27(2,3)28(23)17-29/h4-6,10-11,15-18,31H,7-9,12-14H2,1-3H3. The Hall–Kier alpha value is -2.88. The number of anilines is 1. The quantitative estimate of drug-likeness (QED) is 0.606. The van der Waals surface area contributed by atoms with Crippen LogP contribution in [0.2, 0.25) is 0 Å². The first-order valence-electron chi connectivity index (χ1n) is 11.3. The van der Waals surface area contributed by atoms with E-state index in [4.69, 9.17) is 0 Å². The molecule has 1 atom stereocenters. The van der Waals surface area contributed by atoms with E-state index in [1.807, 2.05) is 26.0 Å². The Labute approximate surface area is 184 Å². The zero-order valence-electron chi connectivity index (χ0n) is 18.6. The van der Waals surface area contributed by atoms with Crippen molar-refractivity contribution < 1.29 is 14.7 Å². The molecule has 1 unspecified atom stereocenters. The predicted octanol–water partition coefficient (Wildman–Crippen LogP) is 5.78. The Morgan fingerprint density at radius 2 is 1.90 bits per heavy atom. The van der Waals surface area contributed by atoms with E-state index >= 15 is 0 Å². The van der Waals surface area contributed by atoms with E-state index in [2.05, 4.69) is 31.2 Å². The molecule has 2 aliphatic rings. The predicted molar refractivity (Wildman–Crippen MR) is 124 cm³/mol. The number of ketones is 1. The fourth-order valence-corrected chi connectivity index (χ4v) is 5.20. The average molecular weight is 418 g/mol. The number of fused-ring (bicyclic) bond motifs is 2. The Bertz CT molecular complexity index is 1040. The molecule has 2 aromatic carbocycles. The van der Waals surface area contributed by atoms with Crippen LogP contribution in [-0.4, -0.2) is 22.8 Å². The van der Waals surface area contributed by atoms with Gasteiger partial charge in [0.1, 0.15) is 5.75 Å². The summed E-state index contributed by atoms with van der Waals surface area (Å²) in [7, 11) is 0. The number of aromatic hydroxyl groups is 1. The monoisotopic (exact) mass is 417 g/mol. The molecule has 1 amide bonds. The third kappa shape index (κ3) is 3.80. The molecular weight excluding hydrogens is 386 g/mol. The molecule has 0 radical (unpaired) electrons. The normalized spacial score (nSPS) is 18.4. The highest BCUT2D eigenvalue weighted by atomic mass is 16.3. The molecule has 1 aliphatic heterocycles. The van der Waals surface area contributed by atoms with Crippen molar-refractivity contribution >= 4 is 23.5 Å². The molecule has 1 aliphatic carbocycles. The van der Waals surface area contributed by atoms with Crippen molar-refractivity contribution in [3.8, 4) is 5.75 Å². The highest BCUT2D eigenvalue weighted by Gasteiger charge is 2.42. The number of allylic oxidation sites excluding steroid dienone is 1. The first kappa shape index (κ1) is 21.4. The summed E-state index contributed by atoms with van der Waals surface area (Å²) in [4.78, 5) is 26.7. The smallest absolute Gasteiger partial charge is 0.214 e. The number of amides is 1. The number of phenols is 1. The van der Waals surface area contributed by atoms with Crippen molar-refractivity contribution in [2.75, 3.05) is 4.90 Å². The minimum Gasteiger partial charge on any atom is -0.508 e. The molecule has 2 aromatic rings.